The Morgan fingerprint density at radius 3 is 2.05 bits per heavy atom. The van der Waals surface area contributed by atoms with Crippen molar-refractivity contribution in [1.29, 1.82) is 0 Å². The largest absolute Gasteiger partial charge is 0.491 e. The molecule has 0 radical (unpaired) electrons. The van der Waals surface area contributed by atoms with Gasteiger partial charge in [0.2, 0.25) is 0 Å². The van der Waals surface area contributed by atoms with Crippen LogP contribution in [-0.4, -0.2) is 24.9 Å². The number of hydrogen-bond donors (Lipinski definition) is 1. The van der Waals surface area contributed by atoms with Crippen LogP contribution in [0.2, 0.25) is 0 Å². The summed E-state index contributed by atoms with van der Waals surface area (Å²) in [5.74, 6) is -1.34. The standard InChI is InChI=1S/C15H19BBrF2NO2/c1-14(2)15(3,4)22-16(21-14)10(8-20)5-9-6-11(18)13(17)12(19)7-9/h5-7H,8,20H2,1-4H3. The van der Waals surface area contributed by atoms with Gasteiger partial charge in [0.1, 0.15) is 11.6 Å². The summed E-state index contributed by atoms with van der Waals surface area (Å²) in [7, 11) is -0.634. The molecular weight excluding hydrogens is 355 g/mol. The van der Waals surface area contributed by atoms with Crippen LogP contribution < -0.4 is 5.73 Å². The topological polar surface area (TPSA) is 44.5 Å². The minimum atomic E-state index is -0.670. The van der Waals surface area contributed by atoms with Crippen LogP contribution in [0.25, 0.3) is 6.08 Å². The van der Waals surface area contributed by atoms with Gasteiger partial charge < -0.3 is 15.0 Å². The van der Waals surface area contributed by atoms with Crippen molar-refractivity contribution in [2.45, 2.75) is 38.9 Å². The molecule has 0 aliphatic carbocycles. The van der Waals surface area contributed by atoms with Gasteiger partial charge in [-0.25, -0.2) is 8.78 Å². The van der Waals surface area contributed by atoms with Gasteiger partial charge in [0, 0.05) is 6.54 Å². The molecule has 1 aliphatic heterocycles. The first-order valence-electron chi connectivity index (χ1n) is 6.98. The molecule has 0 saturated carbocycles. The molecule has 1 heterocycles. The zero-order valence-electron chi connectivity index (χ0n) is 13.0. The van der Waals surface area contributed by atoms with E-state index in [1.54, 1.807) is 6.08 Å². The van der Waals surface area contributed by atoms with Gasteiger partial charge in [0.05, 0.1) is 15.7 Å². The minimum Gasteiger partial charge on any atom is -0.400 e. The van der Waals surface area contributed by atoms with Crippen LogP contribution in [0.5, 0.6) is 0 Å². The number of rotatable bonds is 3. The normalized spacial score (nSPS) is 20.5. The monoisotopic (exact) mass is 373 g/mol. The number of hydrogen-bond acceptors (Lipinski definition) is 3. The second-order valence-electron chi connectivity index (χ2n) is 6.31. The molecule has 2 N–H and O–H groups in total. The van der Waals surface area contributed by atoms with E-state index in [1.165, 1.54) is 12.1 Å². The molecule has 0 unspecified atom stereocenters. The van der Waals surface area contributed by atoms with Gasteiger partial charge in [-0.05, 0) is 66.8 Å². The third kappa shape index (κ3) is 3.27. The summed E-state index contributed by atoms with van der Waals surface area (Å²) in [6.07, 6.45) is 1.60. The van der Waals surface area contributed by atoms with Crippen molar-refractivity contribution in [2.75, 3.05) is 6.54 Å². The molecular formula is C15H19BBrF2NO2. The molecule has 1 aromatic rings. The Morgan fingerprint density at radius 2 is 1.64 bits per heavy atom. The quantitative estimate of drug-likeness (QED) is 0.649. The maximum absolute atomic E-state index is 13.6. The molecule has 0 bridgehead atoms. The van der Waals surface area contributed by atoms with E-state index >= 15 is 0 Å². The van der Waals surface area contributed by atoms with Crippen molar-refractivity contribution in [2.24, 2.45) is 5.73 Å². The van der Waals surface area contributed by atoms with Gasteiger partial charge in [-0.1, -0.05) is 6.08 Å². The molecule has 7 heteroatoms. The molecule has 0 aromatic heterocycles. The first-order valence-corrected chi connectivity index (χ1v) is 7.77. The van der Waals surface area contributed by atoms with E-state index in [-0.39, 0.29) is 11.0 Å². The van der Waals surface area contributed by atoms with E-state index in [9.17, 15) is 8.78 Å². The lowest BCUT2D eigenvalue weighted by Crippen LogP contribution is -2.41. The van der Waals surface area contributed by atoms with Crippen LogP contribution in [-0.2, 0) is 9.31 Å². The van der Waals surface area contributed by atoms with Crippen molar-refractivity contribution in [1.82, 2.24) is 0 Å². The molecule has 0 spiro atoms. The molecule has 3 nitrogen and oxygen atoms in total. The molecule has 1 aromatic carbocycles. The average molecular weight is 374 g/mol. The Labute approximate surface area is 138 Å². The minimum absolute atomic E-state index is 0.163. The Morgan fingerprint density at radius 1 is 1.18 bits per heavy atom. The predicted molar refractivity (Wildman–Crippen MR) is 87.2 cm³/mol. The van der Waals surface area contributed by atoms with Crippen molar-refractivity contribution in [3.8, 4) is 0 Å². The molecule has 120 valence electrons. The van der Waals surface area contributed by atoms with Crippen molar-refractivity contribution in [3.63, 3.8) is 0 Å². The molecule has 1 aliphatic rings. The van der Waals surface area contributed by atoms with Gasteiger partial charge in [-0.15, -0.1) is 0 Å². The summed E-state index contributed by atoms with van der Waals surface area (Å²) in [5, 5.41) is 0. The summed E-state index contributed by atoms with van der Waals surface area (Å²) < 4.78 is 38.8. The van der Waals surface area contributed by atoms with Gasteiger partial charge >= 0.3 is 7.12 Å². The molecule has 2 rings (SSSR count). The summed E-state index contributed by atoms with van der Waals surface area (Å²) in [4.78, 5) is 0. The number of nitrogens with two attached hydrogens (primary N) is 1. The fraction of sp³-hybridized carbons (Fsp3) is 0.467. The van der Waals surface area contributed by atoms with Crippen molar-refractivity contribution >= 4 is 29.1 Å². The highest BCUT2D eigenvalue weighted by Gasteiger charge is 2.52. The third-order valence-electron chi connectivity index (χ3n) is 4.15. The van der Waals surface area contributed by atoms with Crippen LogP contribution in [0, 0.1) is 11.6 Å². The summed E-state index contributed by atoms with van der Waals surface area (Å²) in [6, 6.07) is 2.46. The number of halogens is 3. The zero-order valence-corrected chi connectivity index (χ0v) is 14.6. The Balaban J connectivity index is 2.34. The van der Waals surface area contributed by atoms with Crippen LogP contribution in [0.15, 0.2) is 22.1 Å². The van der Waals surface area contributed by atoms with E-state index < -0.39 is 30.0 Å². The highest BCUT2D eigenvalue weighted by Crippen LogP contribution is 2.38. The summed E-state index contributed by atoms with van der Waals surface area (Å²) in [5.41, 5.74) is 5.76. The molecule has 0 atom stereocenters. The summed E-state index contributed by atoms with van der Waals surface area (Å²) in [6.45, 7) is 7.89. The van der Waals surface area contributed by atoms with Crippen LogP contribution in [0.3, 0.4) is 0 Å². The van der Waals surface area contributed by atoms with Gasteiger partial charge in [-0.2, -0.15) is 0 Å². The first kappa shape index (κ1) is 17.6. The average Bonchev–Trinajstić information content (AvgIpc) is 2.61. The Bertz CT molecular complexity index is 581. The van der Waals surface area contributed by atoms with E-state index in [0.717, 1.165) is 0 Å². The highest BCUT2D eigenvalue weighted by atomic mass is 79.9. The second kappa shape index (κ2) is 6.04. The Kier molecular flexibility index (Phi) is 4.83. The van der Waals surface area contributed by atoms with Crippen LogP contribution >= 0.6 is 15.9 Å². The van der Waals surface area contributed by atoms with Gasteiger partial charge in [0.15, 0.2) is 0 Å². The Hall–Kier alpha value is -0.755. The fourth-order valence-electron chi connectivity index (χ4n) is 2.09. The van der Waals surface area contributed by atoms with Crippen LogP contribution in [0.4, 0.5) is 8.78 Å². The fourth-order valence-corrected chi connectivity index (χ4v) is 2.32. The highest BCUT2D eigenvalue weighted by molar-refractivity contribution is 9.10. The molecule has 1 fully saturated rings. The zero-order chi connectivity index (χ0) is 16.7. The van der Waals surface area contributed by atoms with E-state index in [1.807, 2.05) is 27.7 Å². The maximum Gasteiger partial charge on any atom is 0.491 e. The van der Waals surface area contributed by atoms with Gasteiger partial charge in [0.25, 0.3) is 0 Å². The number of benzene rings is 1. The summed E-state index contributed by atoms with van der Waals surface area (Å²) >= 11 is 2.85. The smallest absolute Gasteiger partial charge is 0.400 e. The molecule has 22 heavy (non-hydrogen) atoms. The van der Waals surface area contributed by atoms with E-state index in [0.29, 0.717) is 11.0 Å². The molecule has 0 amide bonds. The van der Waals surface area contributed by atoms with Crippen molar-refractivity contribution < 1.29 is 18.1 Å². The maximum atomic E-state index is 13.6. The van der Waals surface area contributed by atoms with E-state index in [2.05, 4.69) is 15.9 Å². The van der Waals surface area contributed by atoms with Crippen LogP contribution in [0.1, 0.15) is 33.3 Å². The lowest BCUT2D eigenvalue weighted by atomic mass is 9.77. The van der Waals surface area contributed by atoms with Crippen molar-refractivity contribution in [3.05, 3.63) is 39.3 Å². The second-order valence-corrected chi connectivity index (χ2v) is 7.10. The third-order valence-corrected chi connectivity index (χ3v) is 4.91. The van der Waals surface area contributed by atoms with E-state index in [4.69, 9.17) is 15.0 Å². The van der Waals surface area contributed by atoms with Gasteiger partial charge in [-0.3, -0.25) is 0 Å². The first-order chi connectivity index (χ1) is 10.1. The lowest BCUT2D eigenvalue weighted by molar-refractivity contribution is 0.00578. The lowest BCUT2D eigenvalue weighted by Gasteiger charge is -2.32. The predicted octanol–water partition coefficient (Wildman–Crippen LogP) is 3.70. The molecule has 1 saturated heterocycles. The SMILES string of the molecule is CC1(C)OB(C(=Cc2cc(F)c(Br)c(F)c2)CN)OC1(C)C.